The fourth-order valence-electron chi connectivity index (χ4n) is 6.59. The molecule has 0 aliphatic rings. The van der Waals surface area contributed by atoms with Crippen LogP contribution in [0.15, 0.2) is 47.4 Å². The molecule has 1 aromatic rings. The minimum atomic E-state index is -4.83. The van der Waals surface area contributed by atoms with Crippen LogP contribution in [0, 0.1) is 0 Å². The predicted octanol–water partition coefficient (Wildman–Crippen LogP) is 10.8. The van der Waals surface area contributed by atoms with Crippen LogP contribution in [0.25, 0.3) is 0 Å². The number of hydrogen-bond donors (Lipinski definition) is 0. The molecule has 1 aromatic carbocycles. The van der Waals surface area contributed by atoms with Gasteiger partial charge in [0.15, 0.2) is 0 Å². The molecule has 0 unspecified atom stereocenters. The molecule has 0 fully saturated rings. The number of carbonyl (C=O) groups excluding carboxylic acids is 2. The molecule has 0 N–H and O–H groups in total. The van der Waals surface area contributed by atoms with E-state index >= 15 is 0 Å². The zero-order chi connectivity index (χ0) is 39.4. The van der Waals surface area contributed by atoms with Gasteiger partial charge in [-0.1, -0.05) is 179 Å². The number of ether oxygens (including phenoxy) is 2. The summed E-state index contributed by atoms with van der Waals surface area (Å²) in [6.07, 6.45) is 45.4. The van der Waals surface area contributed by atoms with Gasteiger partial charge in [0, 0.05) is 0 Å². The number of hydrogen-bond acceptors (Lipinski definition) is 7. The van der Waals surface area contributed by atoms with Gasteiger partial charge >= 0.3 is 63.3 Å². The Hall–Kier alpha value is -0.814. The molecule has 310 valence electrons. The van der Waals surface area contributed by atoms with Crippen LogP contribution in [-0.4, -0.2) is 38.1 Å². The van der Waals surface area contributed by atoms with Crippen molar-refractivity contribution in [2.45, 2.75) is 211 Å². The Morgan fingerprint density at radius 2 is 0.800 bits per heavy atom. The van der Waals surface area contributed by atoms with E-state index in [1.54, 1.807) is 0 Å². The SMILES string of the molecule is CCCCCCCCCCCCCC/C=C/CCCOC(=O)c1ccc(S(=O)(=O)[O-])cc1C(=O)OCCC/C=C/CCCCCCCCCCCCCC.[K+]. The largest absolute Gasteiger partial charge is 1.00 e. The van der Waals surface area contributed by atoms with Crippen LogP contribution in [0.1, 0.15) is 227 Å². The first kappa shape index (κ1) is 54.2. The smallest absolute Gasteiger partial charge is 0.744 e. The van der Waals surface area contributed by atoms with E-state index in [0.29, 0.717) is 12.8 Å². The first-order chi connectivity index (χ1) is 26.3. The molecule has 0 aliphatic heterocycles. The summed E-state index contributed by atoms with van der Waals surface area (Å²) in [5, 5.41) is 0. The molecular weight excluding hydrogens is 736 g/mol. The maximum absolute atomic E-state index is 12.9. The molecule has 0 amide bonds. The van der Waals surface area contributed by atoms with Gasteiger partial charge in [-0.15, -0.1) is 0 Å². The van der Waals surface area contributed by atoms with E-state index < -0.39 is 27.0 Å². The minimum absolute atomic E-state index is 0. The second kappa shape index (κ2) is 38.7. The van der Waals surface area contributed by atoms with E-state index in [4.69, 9.17) is 9.47 Å². The van der Waals surface area contributed by atoms with E-state index in [2.05, 4.69) is 38.2 Å². The molecule has 1 rings (SSSR count). The van der Waals surface area contributed by atoms with E-state index in [1.165, 1.54) is 154 Å². The fraction of sp³-hybridized carbons (Fsp3) is 0.739. The van der Waals surface area contributed by atoms with E-state index in [-0.39, 0.29) is 75.7 Å². The molecule has 0 aliphatic carbocycles. The normalized spacial score (nSPS) is 11.7. The van der Waals surface area contributed by atoms with Gasteiger partial charge < -0.3 is 14.0 Å². The minimum Gasteiger partial charge on any atom is -0.744 e. The maximum Gasteiger partial charge on any atom is 1.00 e. The van der Waals surface area contributed by atoms with Crippen LogP contribution in [0.2, 0.25) is 0 Å². The van der Waals surface area contributed by atoms with E-state index in [1.807, 2.05) is 0 Å². The van der Waals surface area contributed by atoms with Gasteiger partial charge in [-0.2, -0.15) is 0 Å². The van der Waals surface area contributed by atoms with Gasteiger partial charge in [0.1, 0.15) is 10.1 Å². The van der Waals surface area contributed by atoms with Crippen LogP contribution < -0.4 is 51.4 Å². The Morgan fingerprint density at radius 1 is 0.491 bits per heavy atom. The molecule has 0 atom stereocenters. The Kier molecular flexibility index (Phi) is 38.1. The van der Waals surface area contributed by atoms with Gasteiger partial charge in [-0.3, -0.25) is 0 Å². The molecule has 0 bridgehead atoms. The predicted molar refractivity (Wildman–Crippen MR) is 223 cm³/mol. The molecule has 0 saturated heterocycles. The molecule has 0 heterocycles. The number of allylic oxidation sites excluding steroid dienone is 4. The average Bonchev–Trinajstić information content (AvgIpc) is 3.16. The van der Waals surface area contributed by atoms with Crippen molar-refractivity contribution in [1.29, 1.82) is 0 Å². The second-order valence-electron chi connectivity index (χ2n) is 15.0. The molecule has 0 aromatic heterocycles. The summed E-state index contributed by atoms with van der Waals surface area (Å²) in [6, 6.07) is 3.08. The first-order valence-corrected chi connectivity index (χ1v) is 23.5. The van der Waals surface area contributed by atoms with Gasteiger partial charge in [0.25, 0.3) is 0 Å². The van der Waals surface area contributed by atoms with Gasteiger partial charge in [-0.25, -0.2) is 18.0 Å². The third kappa shape index (κ3) is 31.8. The molecule has 7 nitrogen and oxygen atoms in total. The maximum atomic E-state index is 12.9. The van der Waals surface area contributed by atoms with E-state index in [0.717, 1.165) is 43.9 Å². The Morgan fingerprint density at radius 3 is 1.15 bits per heavy atom. The summed E-state index contributed by atoms with van der Waals surface area (Å²) in [6.45, 7) is 4.78. The van der Waals surface area contributed by atoms with Crippen molar-refractivity contribution in [3.05, 3.63) is 53.6 Å². The number of rotatable bonds is 37. The standard InChI is InChI=1S/C46H78O7S.K/c1-3-5-7-9-11-13-15-17-19-21-23-25-27-29-31-33-35-39-52-45(47)43-38-37-42(54(49,50)51)41-44(43)46(48)53-40-36-34-32-30-28-26-24-22-20-18-16-14-12-10-8-6-4-2;/h29-32,37-38,41H,3-28,33-36,39-40H2,1-2H3,(H,49,50,51);/q;+1/p-1/b31-29+,32-30+;. The number of esters is 2. The quantitative estimate of drug-likeness (QED) is 0.0216. The van der Waals surface area contributed by atoms with Crippen molar-refractivity contribution in [1.82, 2.24) is 0 Å². The average molecular weight is 813 g/mol. The van der Waals surface area contributed by atoms with Crippen LogP contribution in [0.4, 0.5) is 0 Å². The summed E-state index contributed by atoms with van der Waals surface area (Å²) in [4.78, 5) is 25.2. The summed E-state index contributed by atoms with van der Waals surface area (Å²) in [5.41, 5.74) is -0.390. The second-order valence-corrected chi connectivity index (χ2v) is 16.4. The van der Waals surface area contributed by atoms with Crippen LogP contribution in [0.5, 0.6) is 0 Å². The van der Waals surface area contributed by atoms with Gasteiger partial charge in [0.05, 0.1) is 29.2 Å². The summed E-state index contributed by atoms with van der Waals surface area (Å²) in [5.74, 6) is -1.60. The number of unbranched alkanes of at least 4 members (excludes halogenated alkanes) is 26. The third-order valence-electron chi connectivity index (χ3n) is 10.00. The van der Waals surface area contributed by atoms with Gasteiger partial charge in [-0.05, 0) is 69.6 Å². The molecule has 9 heteroatoms. The zero-order valence-corrected chi connectivity index (χ0v) is 39.4. The third-order valence-corrected chi connectivity index (χ3v) is 10.8. The van der Waals surface area contributed by atoms with Gasteiger partial charge in [0.2, 0.25) is 0 Å². The van der Waals surface area contributed by atoms with Crippen LogP contribution in [-0.2, 0) is 19.6 Å². The van der Waals surface area contributed by atoms with Crippen molar-refractivity contribution < 1.29 is 83.4 Å². The molecule has 0 spiro atoms. The van der Waals surface area contributed by atoms with Crippen molar-refractivity contribution in [2.75, 3.05) is 13.2 Å². The number of carbonyl (C=O) groups is 2. The summed E-state index contributed by atoms with van der Waals surface area (Å²) in [7, 11) is -4.83. The van der Waals surface area contributed by atoms with Crippen molar-refractivity contribution >= 4 is 22.1 Å². The molecule has 0 radical (unpaired) electrons. The summed E-state index contributed by atoms with van der Waals surface area (Å²) < 4.78 is 45.7. The van der Waals surface area contributed by atoms with Crippen LogP contribution in [0.3, 0.4) is 0 Å². The Balaban J connectivity index is 0.0000292. The monoisotopic (exact) mass is 813 g/mol. The zero-order valence-electron chi connectivity index (χ0n) is 35.4. The van der Waals surface area contributed by atoms with Crippen molar-refractivity contribution in [2.24, 2.45) is 0 Å². The topological polar surface area (TPSA) is 110 Å². The Labute approximate surface area is 380 Å². The van der Waals surface area contributed by atoms with Crippen molar-refractivity contribution in [3.63, 3.8) is 0 Å². The fourth-order valence-corrected chi connectivity index (χ4v) is 7.09. The summed E-state index contributed by atoms with van der Waals surface area (Å²) >= 11 is 0. The van der Waals surface area contributed by atoms with E-state index in [9.17, 15) is 22.6 Å². The number of benzene rings is 1. The van der Waals surface area contributed by atoms with Crippen molar-refractivity contribution in [3.8, 4) is 0 Å². The molecular formula is C46H77KO7S. The van der Waals surface area contributed by atoms with Crippen LogP contribution >= 0.6 is 0 Å². The molecule has 0 saturated carbocycles. The molecule has 55 heavy (non-hydrogen) atoms. The first-order valence-electron chi connectivity index (χ1n) is 22.0. The Bertz CT molecular complexity index is 1240.